The molecule has 2 N–H and O–H groups in total. The molecule has 1 aromatic carbocycles. The molecule has 0 bridgehead atoms. The Labute approximate surface area is 160 Å². The van der Waals surface area contributed by atoms with E-state index in [0.29, 0.717) is 0 Å². The first-order valence-electron chi connectivity index (χ1n) is 8.61. The second kappa shape index (κ2) is 8.75. The van der Waals surface area contributed by atoms with Crippen LogP contribution in [0.4, 0.5) is 4.39 Å². The van der Waals surface area contributed by atoms with Gasteiger partial charge in [0.1, 0.15) is 17.6 Å². The Morgan fingerprint density at radius 1 is 1.21 bits per heavy atom. The minimum Gasteiger partial charge on any atom is -0.480 e. The SMILES string of the molecule is CC(C)(C)OCCC(NC(=O)c1ccc(=O)n(-c2ccc(F)cc2)n1)C(=O)O. The molecule has 1 amide bonds. The molecule has 0 saturated heterocycles. The second-order valence-corrected chi connectivity index (χ2v) is 7.06. The molecule has 0 spiro atoms. The number of nitrogens with zero attached hydrogens (tertiary/aromatic N) is 2. The number of carbonyl (C=O) groups excluding carboxylic acids is 1. The van der Waals surface area contributed by atoms with Gasteiger partial charge in [0.2, 0.25) is 0 Å². The first kappa shape index (κ1) is 21.2. The summed E-state index contributed by atoms with van der Waals surface area (Å²) in [6.07, 6.45) is 0.0654. The van der Waals surface area contributed by atoms with E-state index >= 15 is 0 Å². The summed E-state index contributed by atoms with van der Waals surface area (Å²) >= 11 is 0. The summed E-state index contributed by atoms with van der Waals surface area (Å²) in [7, 11) is 0. The number of halogens is 1. The summed E-state index contributed by atoms with van der Waals surface area (Å²) in [5, 5.41) is 15.6. The van der Waals surface area contributed by atoms with Gasteiger partial charge in [0, 0.05) is 19.1 Å². The number of aliphatic carboxylic acids is 1. The lowest BCUT2D eigenvalue weighted by Gasteiger charge is -2.21. The number of aromatic nitrogens is 2. The fourth-order valence-corrected chi connectivity index (χ4v) is 2.27. The third kappa shape index (κ3) is 5.98. The van der Waals surface area contributed by atoms with Crippen LogP contribution in [0.3, 0.4) is 0 Å². The molecule has 0 fully saturated rings. The van der Waals surface area contributed by atoms with E-state index in [1.807, 2.05) is 20.8 Å². The average Bonchev–Trinajstić information content (AvgIpc) is 2.61. The predicted octanol–water partition coefficient (Wildman–Crippen LogP) is 1.76. The van der Waals surface area contributed by atoms with Gasteiger partial charge in [0.05, 0.1) is 11.3 Å². The van der Waals surface area contributed by atoms with E-state index in [9.17, 15) is 23.9 Å². The molecule has 0 aliphatic rings. The molecule has 9 heteroatoms. The van der Waals surface area contributed by atoms with Crippen LogP contribution >= 0.6 is 0 Å². The van der Waals surface area contributed by atoms with Crippen molar-refractivity contribution in [2.45, 2.75) is 38.8 Å². The Morgan fingerprint density at radius 2 is 1.86 bits per heavy atom. The zero-order valence-corrected chi connectivity index (χ0v) is 15.8. The van der Waals surface area contributed by atoms with Crippen molar-refractivity contribution in [3.63, 3.8) is 0 Å². The summed E-state index contributed by atoms with van der Waals surface area (Å²) in [6.45, 7) is 5.65. The number of ether oxygens (including phenoxy) is 1. The largest absolute Gasteiger partial charge is 0.480 e. The van der Waals surface area contributed by atoms with Crippen molar-refractivity contribution in [1.82, 2.24) is 15.1 Å². The Balaban J connectivity index is 2.16. The van der Waals surface area contributed by atoms with Gasteiger partial charge < -0.3 is 15.2 Å². The van der Waals surface area contributed by atoms with Crippen molar-refractivity contribution in [3.8, 4) is 5.69 Å². The first-order valence-corrected chi connectivity index (χ1v) is 8.61. The molecule has 2 rings (SSSR count). The van der Waals surface area contributed by atoms with Crippen LogP contribution in [0, 0.1) is 5.82 Å². The van der Waals surface area contributed by atoms with Crippen LogP contribution in [0.15, 0.2) is 41.2 Å². The third-order valence-corrected chi connectivity index (χ3v) is 3.65. The lowest BCUT2D eigenvalue weighted by Crippen LogP contribution is -2.42. The molecular weight excluding hydrogens is 369 g/mol. The lowest BCUT2D eigenvalue weighted by atomic mass is 10.1. The minimum atomic E-state index is -1.21. The maximum absolute atomic E-state index is 13.1. The van der Waals surface area contributed by atoms with Gasteiger partial charge in [0.15, 0.2) is 0 Å². The number of amides is 1. The summed E-state index contributed by atoms with van der Waals surface area (Å²) in [5.41, 5.74) is -0.822. The Kier molecular flexibility index (Phi) is 6.63. The van der Waals surface area contributed by atoms with Gasteiger partial charge in [-0.05, 0) is 51.1 Å². The zero-order chi connectivity index (χ0) is 20.9. The maximum atomic E-state index is 13.1. The summed E-state index contributed by atoms with van der Waals surface area (Å²) in [5.74, 6) is -2.44. The Hall–Kier alpha value is -3.07. The quantitative estimate of drug-likeness (QED) is 0.744. The van der Waals surface area contributed by atoms with Gasteiger partial charge >= 0.3 is 5.97 Å². The number of hydrogen-bond donors (Lipinski definition) is 2. The van der Waals surface area contributed by atoms with Crippen molar-refractivity contribution in [1.29, 1.82) is 0 Å². The minimum absolute atomic E-state index is 0.0654. The van der Waals surface area contributed by atoms with Gasteiger partial charge in [-0.2, -0.15) is 9.78 Å². The molecule has 1 aromatic heterocycles. The highest BCUT2D eigenvalue weighted by molar-refractivity contribution is 5.94. The molecule has 28 heavy (non-hydrogen) atoms. The third-order valence-electron chi connectivity index (χ3n) is 3.65. The molecule has 0 radical (unpaired) electrons. The van der Waals surface area contributed by atoms with Crippen molar-refractivity contribution >= 4 is 11.9 Å². The van der Waals surface area contributed by atoms with Crippen LogP contribution in [0.25, 0.3) is 5.69 Å². The molecule has 0 aliphatic heterocycles. The highest BCUT2D eigenvalue weighted by atomic mass is 19.1. The summed E-state index contributed by atoms with van der Waals surface area (Å²) < 4.78 is 19.5. The molecule has 2 aromatic rings. The number of carboxylic acid groups (broad SMARTS) is 1. The number of benzene rings is 1. The average molecular weight is 391 g/mol. The van der Waals surface area contributed by atoms with Crippen LogP contribution in [-0.2, 0) is 9.53 Å². The Morgan fingerprint density at radius 3 is 2.43 bits per heavy atom. The van der Waals surface area contributed by atoms with Crippen molar-refractivity contribution < 1.29 is 23.8 Å². The molecule has 150 valence electrons. The standard InChI is InChI=1S/C19H22FN3O5/c1-19(2,3)28-11-10-15(18(26)27)21-17(25)14-8-9-16(24)23(22-14)13-6-4-12(20)5-7-13/h4-9,15H,10-11H2,1-3H3,(H,21,25)(H,26,27). The van der Waals surface area contributed by atoms with Gasteiger partial charge in [-0.1, -0.05) is 0 Å². The van der Waals surface area contributed by atoms with E-state index < -0.39 is 34.9 Å². The second-order valence-electron chi connectivity index (χ2n) is 7.06. The topological polar surface area (TPSA) is 111 Å². The van der Waals surface area contributed by atoms with Crippen LogP contribution in [-0.4, -0.2) is 45.0 Å². The normalized spacial score (nSPS) is 12.4. The molecule has 1 heterocycles. The number of nitrogens with one attached hydrogen (secondary N) is 1. The number of carbonyl (C=O) groups is 2. The van der Waals surface area contributed by atoms with Gasteiger partial charge in [0.25, 0.3) is 11.5 Å². The van der Waals surface area contributed by atoms with Crippen LogP contribution in [0.2, 0.25) is 0 Å². The first-order chi connectivity index (χ1) is 13.1. The summed E-state index contributed by atoms with van der Waals surface area (Å²) in [6, 6.07) is 6.15. The lowest BCUT2D eigenvalue weighted by molar-refractivity contribution is -0.140. The highest BCUT2D eigenvalue weighted by Gasteiger charge is 2.23. The van der Waals surface area contributed by atoms with Crippen LogP contribution in [0.5, 0.6) is 0 Å². The van der Waals surface area contributed by atoms with E-state index in [1.165, 1.54) is 18.2 Å². The fourth-order valence-electron chi connectivity index (χ4n) is 2.27. The summed E-state index contributed by atoms with van der Waals surface area (Å²) in [4.78, 5) is 35.8. The maximum Gasteiger partial charge on any atom is 0.326 e. The molecule has 1 unspecified atom stereocenters. The van der Waals surface area contributed by atoms with E-state index in [4.69, 9.17) is 4.74 Å². The molecule has 8 nitrogen and oxygen atoms in total. The van der Waals surface area contributed by atoms with Gasteiger partial charge in [-0.3, -0.25) is 9.59 Å². The molecule has 0 aliphatic carbocycles. The van der Waals surface area contributed by atoms with Crippen LogP contribution in [0.1, 0.15) is 37.7 Å². The van der Waals surface area contributed by atoms with E-state index in [1.54, 1.807) is 0 Å². The zero-order valence-electron chi connectivity index (χ0n) is 15.8. The van der Waals surface area contributed by atoms with Gasteiger partial charge in [-0.15, -0.1) is 0 Å². The number of carboxylic acids is 1. The van der Waals surface area contributed by atoms with Crippen molar-refractivity contribution in [2.24, 2.45) is 0 Å². The van der Waals surface area contributed by atoms with E-state index in [-0.39, 0.29) is 24.4 Å². The molecular formula is C19H22FN3O5. The number of hydrogen-bond acceptors (Lipinski definition) is 5. The molecule has 1 atom stereocenters. The molecule has 0 saturated carbocycles. The van der Waals surface area contributed by atoms with Crippen molar-refractivity contribution in [2.75, 3.05) is 6.61 Å². The predicted molar refractivity (Wildman–Crippen MR) is 99.0 cm³/mol. The van der Waals surface area contributed by atoms with Gasteiger partial charge in [-0.25, -0.2) is 9.18 Å². The van der Waals surface area contributed by atoms with E-state index in [2.05, 4.69) is 10.4 Å². The van der Waals surface area contributed by atoms with E-state index in [0.717, 1.165) is 22.9 Å². The fraction of sp³-hybridized carbons (Fsp3) is 0.368. The monoisotopic (exact) mass is 391 g/mol. The number of rotatable bonds is 7. The Bertz CT molecular complexity index is 903. The van der Waals surface area contributed by atoms with Crippen molar-refractivity contribution in [3.05, 3.63) is 58.3 Å². The highest BCUT2D eigenvalue weighted by Crippen LogP contribution is 2.09. The van der Waals surface area contributed by atoms with Crippen LogP contribution < -0.4 is 10.9 Å². The smallest absolute Gasteiger partial charge is 0.326 e.